The molecule has 0 saturated carbocycles. The Morgan fingerprint density at radius 1 is 1.40 bits per heavy atom. The Balaban J connectivity index is 2.87. The van der Waals surface area contributed by atoms with Gasteiger partial charge in [0.15, 0.2) is 5.78 Å². The van der Waals surface area contributed by atoms with Gasteiger partial charge < -0.3 is 9.84 Å². The van der Waals surface area contributed by atoms with Crippen molar-refractivity contribution in [1.29, 1.82) is 0 Å². The van der Waals surface area contributed by atoms with Crippen molar-refractivity contribution in [3.8, 4) is 5.75 Å². The molecule has 0 radical (unpaired) electrons. The molecule has 0 aliphatic rings. The van der Waals surface area contributed by atoms with Gasteiger partial charge in [-0.15, -0.1) is 0 Å². The van der Waals surface area contributed by atoms with Crippen molar-refractivity contribution in [3.63, 3.8) is 0 Å². The van der Waals surface area contributed by atoms with E-state index in [0.717, 1.165) is 5.56 Å². The molecular weight excluding hydrogens is 196 g/mol. The first-order valence-electron chi connectivity index (χ1n) is 4.44. The number of benzene rings is 1. The molecule has 0 fully saturated rings. The van der Waals surface area contributed by atoms with E-state index in [4.69, 9.17) is 0 Å². The summed E-state index contributed by atoms with van der Waals surface area (Å²) in [4.78, 5) is 22.3. The van der Waals surface area contributed by atoms with Crippen LogP contribution in [0.1, 0.15) is 22.3 Å². The number of Topliss-reactive ketones (excluding diaryl/α,β-unsaturated/α-hetero) is 1. The second-order valence-electron chi connectivity index (χ2n) is 3.20. The molecule has 0 spiro atoms. The monoisotopic (exact) mass is 208 g/mol. The van der Waals surface area contributed by atoms with E-state index < -0.39 is 11.8 Å². The summed E-state index contributed by atoms with van der Waals surface area (Å²) in [6, 6.07) is 4.67. The molecule has 80 valence electrons. The summed E-state index contributed by atoms with van der Waals surface area (Å²) in [5.41, 5.74) is 0.994. The number of carbonyl (C=O) groups is 2. The van der Waals surface area contributed by atoms with E-state index >= 15 is 0 Å². The molecule has 0 aromatic heterocycles. The van der Waals surface area contributed by atoms with E-state index in [1.54, 1.807) is 13.0 Å². The van der Waals surface area contributed by atoms with Crippen LogP contribution in [0.3, 0.4) is 0 Å². The Hall–Kier alpha value is -1.84. The first-order valence-corrected chi connectivity index (χ1v) is 4.44. The highest BCUT2D eigenvalue weighted by molar-refractivity contribution is 6.07. The average Bonchev–Trinajstić information content (AvgIpc) is 2.17. The standard InChI is InChI=1S/C11H12O4/c1-7-3-4-8(9(12)5-7)10(13)6-11(14)15-2/h3-5,12H,6H2,1-2H3. The SMILES string of the molecule is COC(=O)CC(=O)c1ccc(C)cc1O. The Morgan fingerprint density at radius 3 is 2.60 bits per heavy atom. The van der Waals surface area contributed by atoms with Crippen molar-refractivity contribution in [2.75, 3.05) is 7.11 Å². The zero-order valence-electron chi connectivity index (χ0n) is 8.61. The Bertz CT molecular complexity index is 396. The van der Waals surface area contributed by atoms with Gasteiger partial charge in [-0.25, -0.2) is 0 Å². The zero-order chi connectivity index (χ0) is 11.4. The molecule has 1 N–H and O–H groups in total. The lowest BCUT2D eigenvalue weighted by atomic mass is 10.1. The van der Waals surface area contributed by atoms with Crippen LogP contribution in [0.5, 0.6) is 5.75 Å². The lowest BCUT2D eigenvalue weighted by Crippen LogP contribution is -2.09. The molecule has 0 unspecified atom stereocenters. The summed E-state index contributed by atoms with van der Waals surface area (Å²) in [5.74, 6) is -1.16. The van der Waals surface area contributed by atoms with Crippen LogP contribution < -0.4 is 0 Å². The molecule has 1 aromatic carbocycles. The first kappa shape index (κ1) is 11.2. The van der Waals surface area contributed by atoms with Gasteiger partial charge >= 0.3 is 5.97 Å². The van der Waals surface area contributed by atoms with Gasteiger partial charge in [-0.2, -0.15) is 0 Å². The smallest absolute Gasteiger partial charge is 0.313 e. The van der Waals surface area contributed by atoms with Gasteiger partial charge in [-0.05, 0) is 24.6 Å². The maximum absolute atomic E-state index is 11.5. The number of ketones is 1. The van der Waals surface area contributed by atoms with Crippen LogP contribution in [-0.4, -0.2) is 24.0 Å². The molecule has 0 bridgehead atoms. The number of ether oxygens (including phenoxy) is 1. The van der Waals surface area contributed by atoms with Crippen LogP contribution in [0, 0.1) is 6.92 Å². The van der Waals surface area contributed by atoms with E-state index in [1.807, 2.05) is 0 Å². The third-order valence-corrected chi connectivity index (χ3v) is 1.99. The van der Waals surface area contributed by atoms with Gasteiger partial charge in [-0.1, -0.05) is 6.07 Å². The second-order valence-corrected chi connectivity index (χ2v) is 3.20. The summed E-state index contributed by atoms with van der Waals surface area (Å²) >= 11 is 0. The minimum absolute atomic E-state index is 0.107. The number of esters is 1. The van der Waals surface area contributed by atoms with Crippen molar-refractivity contribution in [2.24, 2.45) is 0 Å². The number of rotatable bonds is 3. The maximum atomic E-state index is 11.5. The van der Waals surface area contributed by atoms with Crippen LogP contribution in [0.4, 0.5) is 0 Å². The van der Waals surface area contributed by atoms with Gasteiger partial charge in [0, 0.05) is 0 Å². The highest BCUT2D eigenvalue weighted by Gasteiger charge is 2.15. The van der Waals surface area contributed by atoms with E-state index in [1.165, 1.54) is 19.2 Å². The average molecular weight is 208 g/mol. The topological polar surface area (TPSA) is 63.6 Å². The molecule has 0 heterocycles. The predicted molar refractivity (Wildman–Crippen MR) is 53.8 cm³/mol. The van der Waals surface area contributed by atoms with Crippen molar-refractivity contribution in [1.82, 2.24) is 0 Å². The molecule has 4 nitrogen and oxygen atoms in total. The molecule has 0 amide bonds. The lowest BCUT2D eigenvalue weighted by Gasteiger charge is -2.03. The number of hydrogen-bond donors (Lipinski definition) is 1. The zero-order valence-corrected chi connectivity index (χ0v) is 8.61. The highest BCUT2D eigenvalue weighted by Crippen LogP contribution is 2.19. The molecule has 1 rings (SSSR count). The molecule has 4 heteroatoms. The van der Waals surface area contributed by atoms with Gasteiger partial charge in [0.05, 0.1) is 12.7 Å². The minimum Gasteiger partial charge on any atom is -0.507 e. The number of aromatic hydroxyl groups is 1. The minimum atomic E-state index is -0.611. The maximum Gasteiger partial charge on any atom is 0.313 e. The molecule has 1 aromatic rings. The third-order valence-electron chi connectivity index (χ3n) is 1.99. The number of carbonyl (C=O) groups excluding carboxylic acids is 2. The first-order chi connectivity index (χ1) is 7.04. The Morgan fingerprint density at radius 2 is 2.07 bits per heavy atom. The van der Waals surface area contributed by atoms with E-state index in [-0.39, 0.29) is 17.7 Å². The van der Waals surface area contributed by atoms with Gasteiger partial charge in [0.25, 0.3) is 0 Å². The fourth-order valence-electron chi connectivity index (χ4n) is 1.18. The van der Waals surface area contributed by atoms with E-state index in [2.05, 4.69) is 4.74 Å². The molecule has 15 heavy (non-hydrogen) atoms. The lowest BCUT2D eigenvalue weighted by molar-refractivity contribution is -0.139. The predicted octanol–water partition coefficient (Wildman–Crippen LogP) is 1.45. The van der Waals surface area contributed by atoms with E-state index in [0.29, 0.717) is 0 Å². The van der Waals surface area contributed by atoms with Gasteiger partial charge in [0.1, 0.15) is 12.2 Å². The van der Waals surface area contributed by atoms with Crippen LogP contribution >= 0.6 is 0 Å². The van der Waals surface area contributed by atoms with Crippen molar-refractivity contribution in [3.05, 3.63) is 29.3 Å². The summed E-state index contributed by atoms with van der Waals surface area (Å²) in [7, 11) is 1.21. The van der Waals surface area contributed by atoms with Crippen LogP contribution in [-0.2, 0) is 9.53 Å². The second kappa shape index (κ2) is 4.59. The van der Waals surface area contributed by atoms with Crippen molar-refractivity contribution >= 4 is 11.8 Å². The Kier molecular flexibility index (Phi) is 3.44. The quantitative estimate of drug-likeness (QED) is 0.464. The summed E-state index contributed by atoms with van der Waals surface area (Å²) < 4.78 is 4.36. The summed E-state index contributed by atoms with van der Waals surface area (Å²) in [6.07, 6.45) is -0.354. The molecule has 0 saturated heterocycles. The molecular formula is C11H12O4. The number of phenolic OH excluding ortho intramolecular Hbond substituents is 1. The van der Waals surface area contributed by atoms with Gasteiger partial charge in [0.2, 0.25) is 0 Å². The van der Waals surface area contributed by atoms with Crippen LogP contribution in [0.25, 0.3) is 0 Å². The van der Waals surface area contributed by atoms with E-state index in [9.17, 15) is 14.7 Å². The summed E-state index contributed by atoms with van der Waals surface area (Å²) in [6.45, 7) is 1.80. The number of methoxy groups -OCH3 is 1. The summed E-state index contributed by atoms with van der Waals surface area (Å²) in [5, 5.41) is 9.47. The number of hydrogen-bond acceptors (Lipinski definition) is 4. The largest absolute Gasteiger partial charge is 0.507 e. The Labute approximate surface area is 87.5 Å². The normalized spacial score (nSPS) is 9.73. The number of aryl methyl sites for hydroxylation is 1. The molecule has 0 atom stereocenters. The molecule has 0 aliphatic heterocycles. The third kappa shape index (κ3) is 2.80. The fourth-order valence-corrected chi connectivity index (χ4v) is 1.18. The van der Waals surface area contributed by atoms with Crippen molar-refractivity contribution < 1.29 is 19.4 Å². The number of phenols is 1. The molecule has 0 aliphatic carbocycles. The highest BCUT2D eigenvalue weighted by atomic mass is 16.5. The van der Waals surface area contributed by atoms with Crippen LogP contribution in [0.15, 0.2) is 18.2 Å². The van der Waals surface area contributed by atoms with Gasteiger partial charge in [-0.3, -0.25) is 9.59 Å². The van der Waals surface area contributed by atoms with Crippen molar-refractivity contribution in [2.45, 2.75) is 13.3 Å². The van der Waals surface area contributed by atoms with Crippen LogP contribution in [0.2, 0.25) is 0 Å². The fraction of sp³-hybridized carbons (Fsp3) is 0.273.